The van der Waals surface area contributed by atoms with Gasteiger partial charge < -0.3 is 4.90 Å². The minimum Gasteiger partial charge on any atom is -0.352 e. The molecule has 0 aliphatic carbocycles. The summed E-state index contributed by atoms with van der Waals surface area (Å²) in [5.41, 5.74) is 1.59. The molecule has 0 unspecified atom stereocenters. The number of nitrogens with zero attached hydrogens (tertiary/aromatic N) is 2. The summed E-state index contributed by atoms with van der Waals surface area (Å²) in [5, 5.41) is 13.5. The Bertz CT molecular complexity index is 1120. The van der Waals surface area contributed by atoms with E-state index in [9.17, 15) is 24.5 Å². The summed E-state index contributed by atoms with van der Waals surface area (Å²) < 4.78 is 0. The highest BCUT2D eigenvalue weighted by Gasteiger charge is 2.61. The van der Waals surface area contributed by atoms with Gasteiger partial charge in [0.25, 0.3) is 5.69 Å². The maximum absolute atomic E-state index is 13.5. The van der Waals surface area contributed by atoms with Crippen LogP contribution in [0, 0.1) is 22.0 Å². The summed E-state index contributed by atoms with van der Waals surface area (Å²) >= 11 is 0. The van der Waals surface area contributed by atoms with Gasteiger partial charge in [0.15, 0.2) is 5.78 Å². The number of benzene rings is 2. The van der Waals surface area contributed by atoms with E-state index in [1.807, 2.05) is 41.3 Å². The normalized spacial score (nSPS) is 26.6. The van der Waals surface area contributed by atoms with Crippen molar-refractivity contribution in [2.75, 3.05) is 4.90 Å². The molecular weight excluding hydrogens is 374 g/mol. The number of hydrogen-bond donors (Lipinski definition) is 1. The first-order chi connectivity index (χ1) is 14.0. The topological polar surface area (TPSA) is 110 Å². The van der Waals surface area contributed by atoms with Crippen LogP contribution in [0.3, 0.4) is 0 Å². The first-order valence-corrected chi connectivity index (χ1v) is 9.16. The number of non-ortho nitro benzene ring substituents is 1. The van der Waals surface area contributed by atoms with Crippen LogP contribution < -0.4 is 10.2 Å². The fourth-order valence-electron chi connectivity index (χ4n) is 4.67. The lowest BCUT2D eigenvalue weighted by Gasteiger charge is -2.35. The molecule has 5 rings (SSSR count). The molecule has 2 saturated heterocycles. The van der Waals surface area contributed by atoms with Gasteiger partial charge in [-0.2, -0.15) is 0 Å². The van der Waals surface area contributed by atoms with Crippen molar-refractivity contribution in [3.05, 3.63) is 75.8 Å². The molecule has 0 bridgehead atoms. The SMILES string of the molecule is O=C1NC(=O)[C@@H]2[C@@H]1[C@@H]1C=Cc3ccccc3N1[C@H]2C(=O)c1cccc([N+](=O)[O-])c1. The van der Waals surface area contributed by atoms with E-state index in [0.29, 0.717) is 0 Å². The van der Waals surface area contributed by atoms with Crippen LogP contribution in [-0.4, -0.2) is 34.6 Å². The summed E-state index contributed by atoms with van der Waals surface area (Å²) in [6.45, 7) is 0. The molecule has 2 aromatic rings. The molecule has 2 aromatic carbocycles. The van der Waals surface area contributed by atoms with Crippen LogP contribution in [0.2, 0.25) is 0 Å². The molecule has 8 heteroatoms. The fourth-order valence-corrected chi connectivity index (χ4v) is 4.67. The Morgan fingerprint density at radius 1 is 1.03 bits per heavy atom. The number of hydrogen-bond acceptors (Lipinski definition) is 6. The van der Waals surface area contributed by atoms with E-state index in [-0.39, 0.29) is 11.3 Å². The fraction of sp³-hybridized carbons (Fsp3) is 0.190. The van der Waals surface area contributed by atoms with Crippen LogP contribution in [0.1, 0.15) is 15.9 Å². The Morgan fingerprint density at radius 3 is 2.59 bits per heavy atom. The van der Waals surface area contributed by atoms with Crippen molar-refractivity contribution in [3.8, 4) is 0 Å². The van der Waals surface area contributed by atoms with Crippen molar-refractivity contribution >= 4 is 35.0 Å². The predicted octanol–water partition coefficient (Wildman–Crippen LogP) is 1.95. The Morgan fingerprint density at radius 2 is 1.79 bits per heavy atom. The number of nitro groups is 1. The number of anilines is 1. The number of imide groups is 1. The average Bonchev–Trinajstić information content (AvgIpc) is 3.23. The number of nitro benzene ring substituents is 1. The molecule has 0 aromatic heterocycles. The highest BCUT2D eigenvalue weighted by atomic mass is 16.6. The van der Waals surface area contributed by atoms with Crippen LogP contribution >= 0.6 is 0 Å². The molecule has 29 heavy (non-hydrogen) atoms. The Balaban J connectivity index is 1.65. The van der Waals surface area contributed by atoms with Crippen molar-refractivity contribution in [2.24, 2.45) is 11.8 Å². The molecule has 144 valence electrons. The second kappa shape index (κ2) is 6.10. The highest BCUT2D eigenvalue weighted by Crippen LogP contribution is 2.47. The zero-order valence-electron chi connectivity index (χ0n) is 15.0. The van der Waals surface area contributed by atoms with E-state index < -0.39 is 46.4 Å². The van der Waals surface area contributed by atoms with Crippen LogP contribution in [0.15, 0.2) is 54.6 Å². The molecule has 0 radical (unpaired) electrons. The quantitative estimate of drug-likeness (QED) is 0.372. The lowest BCUT2D eigenvalue weighted by atomic mass is 9.86. The summed E-state index contributed by atoms with van der Waals surface area (Å²) in [6.07, 6.45) is 3.74. The zero-order valence-corrected chi connectivity index (χ0v) is 15.0. The molecular formula is C21H15N3O5. The molecule has 1 N–H and O–H groups in total. The number of carbonyl (C=O) groups is 3. The van der Waals surface area contributed by atoms with Gasteiger partial charge in [-0.15, -0.1) is 0 Å². The zero-order chi connectivity index (χ0) is 20.3. The molecule has 3 aliphatic heterocycles. The van der Waals surface area contributed by atoms with Crippen molar-refractivity contribution in [3.63, 3.8) is 0 Å². The third kappa shape index (κ3) is 2.42. The van der Waals surface area contributed by atoms with E-state index in [1.54, 1.807) is 0 Å². The lowest BCUT2D eigenvalue weighted by Crippen LogP contribution is -2.47. The predicted molar refractivity (Wildman–Crippen MR) is 103 cm³/mol. The number of para-hydroxylation sites is 1. The van der Waals surface area contributed by atoms with E-state index in [0.717, 1.165) is 11.3 Å². The van der Waals surface area contributed by atoms with Gasteiger partial charge >= 0.3 is 0 Å². The molecule has 2 fully saturated rings. The van der Waals surface area contributed by atoms with Crippen molar-refractivity contribution in [2.45, 2.75) is 12.1 Å². The number of carbonyl (C=O) groups excluding carboxylic acids is 3. The van der Waals surface area contributed by atoms with Gasteiger partial charge in [-0.3, -0.25) is 29.8 Å². The van der Waals surface area contributed by atoms with Gasteiger partial charge in [0.2, 0.25) is 11.8 Å². The molecule has 3 aliphatic rings. The van der Waals surface area contributed by atoms with Crippen molar-refractivity contribution in [1.29, 1.82) is 0 Å². The number of amides is 2. The van der Waals surface area contributed by atoms with Crippen LogP contribution in [0.5, 0.6) is 0 Å². The minimum absolute atomic E-state index is 0.141. The number of nitrogens with one attached hydrogen (secondary N) is 1. The smallest absolute Gasteiger partial charge is 0.270 e. The molecule has 0 saturated carbocycles. The summed E-state index contributed by atoms with van der Waals surface area (Å²) in [4.78, 5) is 51.0. The summed E-state index contributed by atoms with van der Waals surface area (Å²) in [7, 11) is 0. The molecule has 3 heterocycles. The van der Waals surface area contributed by atoms with E-state index in [1.165, 1.54) is 24.3 Å². The second-order valence-electron chi connectivity index (χ2n) is 7.34. The first kappa shape index (κ1) is 17.3. The van der Waals surface area contributed by atoms with E-state index in [2.05, 4.69) is 5.32 Å². The Hall–Kier alpha value is -3.81. The van der Waals surface area contributed by atoms with Gasteiger partial charge in [-0.1, -0.05) is 42.5 Å². The lowest BCUT2D eigenvalue weighted by molar-refractivity contribution is -0.384. The van der Waals surface area contributed by atoms with Gasteiger partial charge in [0, 0.05) is 23.4 Å². The van der Waals surface area contributed by atoms with Crippen LogP contribution in [0.25, 0.3) is 6.08 Å². The maximum Gasteiger partial charge on any atom is 0.270 e. The monoisotopic (exact) mass is 389 g/mol. The van der Waals surface area contributed by atoms with Crippen LogP contribution in [0.4, 0.5) is 11.4 Å². The molecule has 8 nitrogen and oxygen atoms in total. The first-order valence-electron chi connectivity index (χ1n) is 9.16. The van der Waals surface area contributed by atoms with Gasteiger partial charge in [0.1, 0.15) is 6.04 Å². The van der Waals surface area contributed by atoms with Gasteiger partial charge in [-0.25, -0.2) is 0 Å². The largest absolute Gasteiger partial charge is 0.352 e. The molecule has 4 atom stereocenters. The Labute approximate surface area is 165 Å². The third-order valence-electron chi connectivity index (χ3n) is 5.87. The van der Waals surface area contributed by atoms with Crippen LogP contribution in [-0.2, 0) is 9.59 Å². The minimum atomic E-state index is -0.926. The Kier molecular flexibility index (Phi) is 3.64. The van der Waals surface area contributed by atoms with E-state index >= 15 is 0 Å². The maximum atomic E-state index is 13.5. The third-order valence-corrected chi connectivity index (χ3v) is 5.87. The number of ketones is 1. The standard InChI is InChI=1S/C21H15N3O5/c25-19(12-5-3-6-13(10-12)24(28)29)18-17-16(20(26)22-21(17)27)15-9-8-11-4-1-2-7-14(11)23(15)18/h1-10,15-18H,(H,22,26,27)/t15-,16-,17+,18+/m0/s1. The molecule has 2 amide bonds. The van der Waals surface area contributed by atoms with Crippen molar-refractivity contribution in [1.82, 2.24) is 5.32 Å². The number of Topliss-reactive ketones (excluding diaryl/α,β-unsaturated/α-hetero) is 1. The average molecular weight is 389 g/mol. The van der Waals surface area contributed by atoms with E-state index in [4.69, 9.17) is 0 Å². The highest BCUT2D eigenvalue weighted by molar-refractivity contribution is 6.14. The van der Waals surface area contributed by atoms with Crippen molar-refractivity contribution < 1.29 is 19.3 Å². The molecule has 0 spiro atoms. The van der Waals surface area contributed by atoms with Gasteiger partial charge in [-0.05, 0) is 11.6 Å². The summed E-state index contributed by atoms with van der Waals surface area (Å²) in [5.74, 6) is -2.83. The number of rotatable bonds is 3. The second-order valence-corrected chi connectivity index (χ2v) is 7.34. The summed E-state index contributed by atoms with van der Waals surface area (Å²) in [6, 6.07) is 11.5. The number of fused-ring (bicyclic) bond motifs is 5. The van der Waals surface area contributed by atoms with Gasteiger partial charge in [0.05, 0.1) is 22.8 Å².